The number of benzene rings is 1. The van der Waals surface area contributed by atoms with Crippen molar-refractivity contribution in [2.75, 3.05) is 6.61 Å². The van der Waals surface area contributed by atoms with Crippen LogP contribution in [0, 0.1) is 19.7 Å². The lowest BCUT2D eigenvalue weighted by Crippen LogP contribution is -2.41. The second kappa shape index (κ2) is 8.40. The van der Waals surface area contributed by atoms with E-state index in [2.05, 4.69) is 0 Å². The lowest BCUT2D eigenvalue weighted by atomic mass is 9.75. The molecule has 1 unspecified atom stereocenters. The summed E-state index contributed by atoms with van der Waals surface area (Å²) in [5.74, 6) is -0.608. The fraction of sp³-hybridized carbons (Fsp3) is 0.520. The molecular weight excluding hydrogens is 470 g/mol. The summed E-state index contributed by atoms with van der Waals surface area (Å²) in [4.78, 5) is 17.3. The molecule has 2 aromatic heterocycles. The van der Waals surface area contributed by atoms with Crippen molar-refractivity contribution >= 4 is 40.2 Å². The second-order valence-corrected chi connectivity index (χ2v) is 11.5. The SMILES string of the molecule is Cc1cc(Cc2nc3sc(C(=O)O)c(C)c3n2CC2CCO2)c(F)cc1B1OC(C)(C)C(C)(C)O1. The predicted octanol–water partition coefficient (Wildman–Crippen LogP) is 4.23. The normalized spacial score (nSPS) is 21.0. The molecule has 3 aromatic rings. The van der Waals surface area contributed by atoms with Gasteiger partial charge in [-0.15, -0.1) is 11.3 Å². The number of thiophene rings is 1. The zero-order valence-corrected chi connectivity index (χ0v) is 21.7. The first-order valence-corrected chi connectivity index (χ1v) is 12.7. The number of rotatable bonds is 6. The Labute approximate surface area is 208 Å². The topological polar surface area (TPSA) is 82.8 Å². The van der Waals surface area contributed by atoms with Crippen LogP contribution in [0.15, 0.2) is 12.1 Å². The number of fused-ring (bicyclic) bond motifs is 1. The Balaban J connectivity index is 1.50. The van der Waals surface area contributed by atoms with E-state index < -0.39 is 24.3 Å². The van der Waals surface area contributed by atoms with E-state index in [-0.39, 0.29) is 23.2 Å². The molecule has 0 saturated carbocycles. The van der Waals surface area contributed by atoms with Crippen molar-refractivity contribution in [1.29, 1.82) is 0 Å². The summed E-state index contributed by atoms with van der Waals surface area (Å²) in [5, 5.41) is 9.55. The van der Waals surface area contributed by atoms with Crippen molar-refractivity contribution in [2.45, 2.75) is 78.2 Å². The molecule has 2 saturated heterocycles. The molecule has 4 heterocycles. The van der Waals surface area contributed by atoms with E-state index in [9.17, 15) is 9.90 Å². The molecule has 1 aromatic carbocycles. The van der Waals surface area contributed by atoms with Gasteiger partial charge in [0.15, 0.2) is 0 Å². The summed E-state index contributed by atoms with van der Waals surface area (Å²) in [6.07, 6.45) is 1.27. The minimum Gasteiger partial charge on any atom is -0.477 e. The monoisotopic (exact) mass is 500 g/mol. The standard InChI is InChI=1S/C25H30BFN2O5S/c1-13-9-15(18(27)11-17(13)26-33-24(3,4)25(5,6)34-26)10-19-28-22-20(14(2)21(35-22)23(30)31)29(19)12-16-7-8-32-16/h9,11,16H,7-8,10,12H2,1-6H3,(H,30,31). The Hall–Kier alpha value is -2.27. The molecule has 0 spiro atoms. The van der Waals surface area contributed by atoms with Gasteiger partial charge in [-0.3, -0.25) is 0 Å². The molecule has 186 valence electrons. The predicted molar refractivity (Wildman–Crippen MR) is 133 cm³/mol. The first-order chi connectivity index (χ1) is 16.4. The maximum Gasteiger partial charge on any atom is 0.495 e. The first kappa shape index (κ1) is 24.4. The van der Waals surface area contributed by atoms with Crippen LogP contribution in [0.4, 0.5) is 4.39 Å². The second-order valence-electron chi connectivity index (χ2n) is 10.5. The van der Waals surface area contributed by atoms with Crippen molar-refractivity contribution in [2.24, 2.45) is 0 Å². The van der Waals surface area contributed by atoms with E-state index in [1.165, 1.54) is 6.07 Å². The van der Waals surface area contributed by atoms with Crippen LogP contribution in [0.3, 0.4) is 0 Å². The molecule has 1 N–H and O–H groups in total. The molecule has 0 amide bonds. The zero-order valence-electron chi connectivity index (χ0n) is 20.9. The third kappa shape index (κ3) is 4.10. The summed E-state index contributed by atoms with van der Waals surface area (Å²) < 4.78 is 35.3. The molecule has 10 heteroatoms. The van der Waals surface area contributed by atoms with Gasteiger partial charge in [-0.2, -0.15) is 0 Å². The number of carboxylic acids is 1. The lowest BCUT2D eigenvalue weighted by molar-refractivity contribution is -0.0589. The average molecular weight is 500 g/mol. The Morgan fingerprint density at radius 1 is 1.26 bits per heavy atom. The summed E-state index contributed by atoms with van der Waals surface area (Å²) >= 11 is 1.16. The molecule has 7 nitrogen and oxygen atoms in total. The van der Waals surface area contributed by atoms with Crippen LogP contribution in [0.2, 0.25) is 0 Å². The van der Waals surface area contributed by atoms with Crippen LogP contribution < -0.4 is 5.46 Å². The van der Waals surface area contributed by atoms with Gasteiger partial charge in [-0.05, 0) is 65.1 Å². The highest BCUT2D eigenvalue weighted by Crippen LogP contribution is 2.37. The van der Waals surface area contributed by atoms with Gasteiger partial charge >= 0.3 is 13.1 Å². The highest BCUT2D eigenvalue weighted by Gasteiger charge is 2.52. The number of ether oxygens (including phenoxy) is 1. The first-order valence-electron chi connectivity index (χ1n) is 11.9. The molecule has 1 atom stereocenters. The molecule has 2 fully saturated rings. The summed E-state index contributed by atoms with van der Waals surface area (Å²) in [6, 6.07) is 3.34. The van der Waals surface area contributed by atoms with Crippen LogP contribution in [-0.2, 0) is 27.0 Å². The minimum absolute atomic E-state index is 0.0519. The van der Waals surface area contributed by atoms with E-state index in [1.54, 1.807) is 6.92 Å². The van der Waals surface area contributed by atoms with Crippen LogP contribution in [0.5, 0.6) is 0 Å². The largest absolute Gasteiger partial charge is 0.495 e. The number of hydrogen-bond acceptors (Lipinski definition) is 6. The molecular formula is C25H30BFN2O5S. The summed E-state index contributed by atoms with van der Waals surface area (Å²) in [6.45, 7) is 12.9. The molecule has 2 aliphatic heterocycles. The molecule has 35 heavy (non-hydrogen) atoms. The summed E-state index contributed by atoms with van der Waals surface area (Å²) in [7, 11) is -0.635. The zero-order chi connectivity index (χ0) is 25.3. The van der Waals surface area contributed by atoms with E-state index in [0.717, 1.165) is 35.4 Å². The lowest BCUT2D eigenvalue weighted by Gasteiger charge is -2.32. The van der Waals surface area contributed by atoms with Crippen molar-refractivity contribution in [1.82, 2.24) is 9.55 Å². The van der Waals surface area contributed by atoms with E-state index in [1.807, 2.05) is 45.3 Å². The Kier molecular flexibility index (Phi) is 5.86. The number of halogens is 1. The third-order valence-corrected chi connectivity index (χ3v) is 8.74. The van der Waals surface area contributed by atoms with Crippen LogP contribution in [0.25, 0.3) is 10.3 Å². The molecule has 2 aliphatic rings. The Morgan fingerprint density at radius 2 is 1.91 bits per heavy atom. The van der Waals surface area contributed by atoms with Gasteiger partial charge in [-0.1, -0.05) is 11.6 Å². The third-order valence-electron chi connectivity index (χ3n) is 7.57. The van der Waals surface area contributed by atoms with E-state index in [4.69, 9.17) is 19.0 Å². The fourth-order valence-electron chi connectivity index (χ4n) is 4.64. The number of imidazole rings is 1. The van der Waals surface area contributed by atoms with Gasteiger partial charge in [0.25, 0.3) is 0 Å². The van der Waals surface area contributed by atoms with Gasteiger partial charge in [0, 0.05) is 18.6 Å². The van der Waals surface area contributed by atoms with Crippen molar-refractivity contribution < 1.29 is 28.3 Å². The van der Waals surface area contributed by atoms with Gasteiger partial charge in [-0.25, -0.2) is 14.2 Å². The number of hydrogen-bond donors (Lipinski definition) is 1. The molecule has 0 aliphatic carbocycles. The highest BCUT2D eigenvalue weighted by molar-refractivity contribution is 7.20. The summed E-state index contributed by atoms with van der Waals surface area (Å²) in [5.41, 5.74) is 2.54. The number of nitrogens with zero attached hydrogens (tertiary/aromatic N) is 2. The average Bonchev–Trinajstić information content (AvgIpc) is 3.29. The fourth-order valence-corrected chi connectivity index (χ4v) is 5.69. The van der Waals surface area contributed by atoms with Crippen molar-refractivity contribution in [3.05, 3.63) is 45.3 Å². The maximum absolute atomic E-state index is 15.4. The number of carbonyl (C=O) groups is 1. The minimum atomic E-state index is -0.960. The van der Waals surface area contributed by atoms with Crippen LogP contribution >= 0.6 is 11.3 Å². The van der Waals surface area contributed by atoms with E-state index >= 15 is 4.39 Å². The molecule has 5 rings (SSSR count). The van der Waals surface area contributed by atoms with Crippen molar-refractivity contribution in [3.8, 4) is 0 Å². The Morgan fingerprint density at radius 3 is 2.49 bits per heavy atom. The Bertz CT molecular complexity index is 1310. The van der Waals surface area contributed by atoms with Gasteiger partial charge in [0.1, 0.15) is 21.3 Å². The maximum atomic E-state index is 15.4. The van der Waals surface area contributed by atoms with Gasteiger partial charge in [0.2, 0.25) is 0 Å². The smallest absolute Gasteiger partial charge is 0.477 e. The number of carboxylic acid groups (broad SMARTS) is 1. The number of aryl methyl sites for hydroxylation is 2. The van der Waals surface area contributed by atoms with Crippen LogP contribution in [0.1, 0.15) is 66.3 Å². The highest BCUT2D eigenvalue weighted by atomic mass is 32.1. The van der Waals surface area contributed by atoms with Gasteiger partial charge < -0.3 is 23.7 Å². The molecule has 0 radical (unpaired) electrons. The van der Waals surface area contributed by atoms with Crippen molar-refractivity contribution in [3.63, 3.8) is 0 Å². The van der Waals surface area contributed by atoms with E-state index in [0.29, 0.717) is 33.8 Å². The number of aromatic carboxylic acids is 1. The molecule has 0 bridgehead atoms. The van der Waals surface area contributed by atoms with Gasteiger partial charge in [0.05, 0.1) is 29.4 Å². The van der Waals surface area contributed by atoms with Crippen LogP contribution in [-0.4, -0.2) is 51.7 Å². The number of aromatic nitrogens is 2. The quantitative estimate of drug-likeness (QED) is 0.511.